The van der Waals surface area contributed by atoms with E-state index in [9.17, 15) is 14.4 Å². The van der Waals surface area contributed by atoms with Crippen LogP contribution in [-0.2, 0) is 4.79 Å². The zero-order chi connectivity index (χ0) is 22.1. The van der Waals surface area contributed by atoms with Crippen LogP contribution < -0.4 is 4.74 Å². The molecule has 164 valence electrons. The van der Waals surface area contributed by atoms with E-state index >= 15 is 0 Å². The van der Waals surface area contributed by atoms with Gasteiger partial charge < -0.3 is 14.5 Å². The molecule has 0 spiro atoms. The van der Waals surface area contributed by atoms with Gasteiger partial charge in [-0.2, -0.15) is 0 Å². The highest BCUT2D eigenvalue weighted by Crippen LogP contribution is 2.15. The van der Waals surface area contributed by atoms with Gasteiger partial charge in [0.1, 0.15) is 5.75 Å². The van der Waals surface area contributed by atoms with Crippen LogP contribution in [0.4, 0.5) is 0 Å². The zero-order valence-electron chi connectivity index (χ0n) is 18.1. The Labute approximate surface area is 183 Å². The number of hydrogen-bond donors (Lipinski definition) is 0. The predicted octanol–water partition coefficient (Wildman–Crippen LogP) is 3.81. The highest BCUT2D eigenvalue weighted by atomic mass is 16.5. The molecule has 1 saturated heterocycles. The number of ether oxygens (including phenoxy) is 1. The molecule has 0 aromatic heterocycles. The number of carbonyl (C=O) groups is 3. The SMILES string of the molecule is CCCOc1ccc(C(=O)CCC(=O)N2CCCN(C(=O)c3ccccc3)CC2)cc1. The summed E-state index contributed by atoms with van der Waals surface area (Å²) in [6.07, 6.45) is 2.02. The van der Waals surface area contributed by atoms with E-state index in [4.69, 9.17) is 4.74 Å². The number of Topliss-reactive ketones (excluding diaryl/α,β-unsaturated/α-hetero) is 1. The lowest BCUT2D eigenvalue weighted by molar-refractivity contribution is -0.131. The van der Waals surface area contributed by atoms with E-state index in [-0.39, 0.29) is 30.4 Å². The first kappa shape index (κ1) is 22.5. The number of benzene rings is 2. The Morgan fingerprint density at radius 2 is 1.48 bits per heavy atom. The standard InChI is InChI=1S/C25H30N2O4/c1-2-19-31-22-11-9-20(10-12-22)23(28)13-14-24(29)26-15-6-16-27(18-17-26)25(30)21-7-4-3-5-8-21/h3-5,7-12H,2,6,13-19H2,1H3. The van der Waals surface area contributed by atoms with Crippen LogP contribution in [0.1, 0.15) is 53.3 Å². The molecule has 2 aromatic carbocycles. The van der Waals surface area contributed by atoms with Crippen molar-refractivity contribution in [2.45, 2.75) is 32.6 Å². The molecule has 3 rings (SSSR count). The molecule has 1 aliphatic heterocycles. The van der Waals surface area contributed by atoms with Crippen LogP contribution in [0.15, 0.2) is 54.6 Å². The number of hydrogen-bond acceptors (Lipinski definition) is 4. The summed E-state index contributed by atoms with van der Waals surface area (Å²) >= 11 is 0. The molecule has 1 aliphatic rings. The van der Waals surface area contributed by atoms with Crippen molar-refractivity contribution < 1.29 is 19.1 Å². The van der Waals surface area contributed by atoms with Crippen molar-refractivity contribution >= 4 is 17.6 Å². The summed E-state index contributed by atoms with van der Waals surface area (Å²) in [6, 6.07) is 16.3. The van der Waals surface area contributed by atoms with Gasteiger partial charge in [0.05, 0.1) is 6.61 Å². The van der Waals surface area contributed by atoms with Gasteiger partial charge in [0.2, 0.25) is 5.91 Å². The molecule has 0 atom stereocenters. The maximum atomic E-state index is 12.7. The summed E-state index contributed by atoms with van der Waals surface area (Å²) in [4.78, 5) is 41.3. The van der Waals surface area contributed by atoms with Crippen LogP contribution in [0, 0.1) is 0 Å². The third-order valence-electron chi connectivity index (χ3n) is 5.37. The van der Waals surface area contributed by atoms with Crippen LogP contribution in [0.2, 0.25) is 0 Å². The molecular weight excluding hydrogens is 392 g/mol. The lowest BCUT2D eigenvalue weighted by Gasteiger charge is -2.22. The number of ketones is 1. The van der Waals surface area contributed by atoms with Crippen molar-refractivity contribution in [2.75, 3.05) is 32.8 Å². The first-order valence-corrected chi connectivity index (χ1v) is 11.0. The largest absolute Gasteiger partial charge is 0.494 e. The van der Waals surface area contributed by atoms with Gasteiger partial charge >= 0.3 is 0 Å². The van der Waals surface area contributed by atoms with Crippen molar-refractivity contribution in [3.63, 3.8) is 0 Å². The molecule has 1 fully saturated rings. The van der Waals surface area contributed by atoms with Crippen LogP contribution in [0.25, 0.3) is 0 Å². The van der Waals surface area contributed by atoms with Gasteiger partial charge in [-0.1, -0.05) is 25.1 Å². The molecule has 0 N–H and O–H groups in total. The summed E-state index contributed by atoms with van der Waals surface area (Å²) in [5.74, 6) is 0.654. The van der Waals surface area contributed by atoms with E-state index in [1.165, 1.54) is 0 Å². The minimum Gasteiger partial charge on any atom is -0.494 e. The van der Waals surface area contributed by atoms with E-state index in [2.05, 4.69) is 0 Å². The lowest BCUT2D eigenvalue weighted by Crippen LogP contribution is -2.37. The van der Waals surface area contributed by atoms with Gasteiger partial charge in [-0.25, -0.2) is 0 Å². The minimum absolute atomic E-state index is 0.00330. The van der Waals surface area contributed by atoms with E-state index in [1.54, 1.807) is 34.1 Å². The monoisotopic (exact) mass is 422 g/mol. The molecule has 0 saturated carbocycles. The van der Waals surface area contributed by atoms with Crippen molar-refractivity contribution in [1.29, 1.82) is 0 Å². The van der Waals surface area contributed by atoms with Crippen molar-refractivity contribution in [1.82, 2.24) is 9.80 Å². The first-order valence-electron chi connectivity index (χ1n) is 11.0. The number of carbonyl (C=O) groups excluding carboxylic acids is 3. The molecule has 2 amide bonds. The summed E-state index contributed by atoms with van der Waals surface area (Å²) in [7, 11) is 0. The summed E-state index contributed by atoms with van der Waals surface area (Å²) in [5.41, 5.74) is 1.26. The summed E-state index contributed by atoms with van der Waals surface area (Å²) in [6.45, 7) is 4.92. The summed E-state index contributed by atoms with van der Waals surface area (Å²) in [5, 5.41) is 0. The predicted molar refractivity (Wildman–Crippen MR) is 119 cm³/mol. The Bertz CT molecular complexity index is 880. The van der Waals surface area contributed by atoms with Gasteiger partial charge in [0.15, 0.2) is 5.78 Å². The molecule has 0 radical (unpaired) electrons. The van der Waals surface area contributed by atoms with Crippen molar-refractivity contribution in [3.8, 4) is 5.75 Å². The topological polar surface area (TPSA) is 66.9 Å². The Kier molecular flexibility index (Phi) is 8.21. The maximum Gasteiger partial charge on any atom is 0.253 e. The van der Waals surface area contributed by atoms with Gasteiger partial charge in [-0.3, -0.25) is 14.4 Å². The van der Waals surface area contributed by atoms with Crippen LogP contribution >= 0.6 is 0 Å². The average molecular weight is 423 g/mol. The number of amides is 2. The van der Waals surface area contributed by atoms with Crippen LogP contribution in [0.3, 0.4) is 0 Å². The second-order valence-corrected chi connectivity index (χ2v) is 7.69. The van der Waals surface area contributed by atoms with Gasteiger partial charge in [-0.15, -0.1) is 0 Å². The van der Waals surface area contributed by atoms with E-state index in [1.807, 2.05) is 37.3 Å². The van der Waals surface area contributed by atoms with Crippen LogP contribution in [0.5, 0.6) is 5.75 Å². The quantitative estimate of drug-likeness (QED) is 0.607. The lowest BCUT2D eigenvalue weighted by atomic mass is 10.1. The van der Waals surface area contributed by atoms with E-state index in [0.717, 1.165) is 18.6 Å². The maximum absolute atomic E-state index is 12.7. The molecule has 6 heteroatoms. The third-order valence-corrected chi connectivity index (χ3v) is 5.37. The molecule has 0 aliphatic carbocycles. The van der Waals surface area contributed by atoms with Crippen molar-refractivity contribution in [2.24, 2.45) is 0 Å². The molecule has 0 bridgehead atoms. The Hall–Kier alpha value is -3.15. The smallest absolute Gasteiger partial charge is 0.253 e. The molecule has 6 nitrogen and oxygen atoms in total. The average Bonchev–Trinajstić information content (AvgIpc) is 3.08. The first-order chi connectivity index (χ1) is 15.1. The second kappa shape index (κ2) is 11.3. The molecule has 2 aromatic rings. The minimum atomic E-state index is -0.0499. The van der Waals surface area contributed by atoms with Crippen molar-refractivity contribution in [3.05, 3.63) is 65.7 Å². The Balaban J connectivity index is 1.47. The Morgan fingerprint density at radius 1 is 0.806 bits per heavy atom. The van der Waals surface area contributed by atoms with Gasteiger partial charge in [0.25, 0.3) is 5.91 Å². The fourth-order valence-corrected chi connectivity index (χ4v) is 3.61. The highest BCUT2D eigenvalue weighted by Gasteiger charge is 2.23. The zero-order valence-corrected chi connectivity index (χ0v) is 18.1. The van der Waals surface area contributed by atoms with E-state index in [0.29, 0.717) is 43.9 Å². The van der Waals surface area contributed by atoms with Gasteiger partial charge in [0, 0.05) is 50.1 Å². The highest BCUT2D eigenvalue weighted by molar-refractivity contribution is 5.98. The number of rotatable bonds is 8. The third kappa shape index (κ3) is 6.41. The van der Waals surface area contributed by atoms with Gasteiger partial charge in [-0.05, 0) is 49.2 Å². The van der Waals surface area contributed by atoms with E-state index < -0.39 is 0 Å². The fourth-order valence-electron chi connectivity index (χ4n) is 3.61. The molecular formula is C25H30N2O4. The van der Waals surface area contributed by atoms with Crippen LogP contribution in [-0.4, -0.2) is 60.2 Å². The second-order valence-electron chi connectivity index (χ2n) is 7.69. The Morgan fingerprint density at radius 3 is 2.19 bits per heavy atom. The normalized spacial score (nSPS) is 14.1. The molecule has 1 heterocycles. The fraction of sp³-hybridized carbons (Fsp3) is 0.400. The number of nitrogens with zero attached hydrogens (tertiary/aromatic N) is 2. The molecule has 0 unspecified atom stereocenters. The molecule has 31 heavy (non-hydrogen) atoms. The summed E-state index contributed by atoms with van der Waals surface area (Å²) < 4.78 is 5.53.